The van der Waals surface area contributed by atoms with Crippen molar-refractivity contribution in [2.75, 3.05) is 11.9 Å². The van der Waals surface area contributed by atoms with Crippen LogP contribution in [0.15, 0.2) is 58.4 Å². The van der Waals surface area contributed by atoms with E-state index in [2.05, 4.69) is 23.1 Å². The normalized spacial score (nSPS) is 15.8. The van der Waals surface area contributed by atoms with E-state index in [4.69, 9.17) is 0 Å². The van der Waals surface area contributed by atoms with Crippen LogP contribution in [0.1, 0.15) is 5.69 Å². The molecule has 1 aliphatic heterocycles. The van der Waals surface area contributed by atoms with Gasteiger partial charge in [-0.25, -0.2) is 4.57 Å². The number of benzene rings is 1. The Labute approximate surface area is 170 Å². The summed E-state index contributed by atoms with van der Waals surface area (Å²) < 4.78 is 5.51. The Morgan fingerprint density at radius 1 is 1.08 bits per heavy atom. The molecule has 0 aliphatic carbocycles. The monoisotopic (exact) mass is 447 g/mol. The van der Waals surface area contributed by atoms with Gasteiger partial charge in [0.1, 0.15) is 21.3 Å². The zero-order chi connectivity index (χ0) is 17.6. The summed E-state index contributed by atoms with van der Waals surface area (Å²) in [7, 11) is 5.86. The van der Waals surface area contributed by atoms with E-state index in [0.717, 1.165) is 25.6 Å². The third-order valence-corrected chi connectivity index (χ3v) is 6.87. The number of nitrogens with zero attached hydrogens (tertiary/aromatic N) is 3. The summed E-state index contributed by atoms with van der Waals surface area (Å²) in [6.07, 6.45) is 4.06. The molecule has 0 saturated heterocycles. The molecule has 0 unspecified atom stereocenters. The molecule has 26 heavy (non-hydrogen) atoms. The highest BCUT2D eigenvalue weighted by Gasteiger charge is 2.24. The van der Waals surface area contributed by atoms with Gasteiger partial charge < -0.3 is 26.4 Å². The predicted molar refractivity (Wildman–Crippen MR) is 104 cm³/mol. The first-order chi connectivity index (χ1) is 12.1. The summed E-state index contributed by atoms with van der Waals surface area (Å²) in [5.41, 5.74) is 2.27. The molecular weight excluding hydrogens is 430 g/mol. The highest BCUT2D eigenvalue weighted by Crippen LogP contribution is 2.44. The number of rotatable bonds is 1. The minimum Gasteiger partial charge on any atom is -1.00 e. The van der Waals surface area contributed by atoms with Gasteiger partial charge in [0, 0.05) is 37.2 Å². The van der Waals surface area contributed by atoms with E-state index in [1.165, 1.54) is 4.90 Å². The van der Waals surface area contributed by atoms with Crippen molar-refractivity contribution in [2.45, 2.75) is 4.90 Å². The second kappa shape index (κ2) is 7.42. The van der Waals surface area contributed by atoms with Crippen LogP contribution >= 0.6 is 23.1 Å². The molecule has 0 bridgehead atoms. The van der Waals surface area contributed by atoms with Gasteiger partial charge in [0.25, 0.3) is 5.56 Å². The highest BCUT2D eigenvalue weighted by atomic mass is 79.9. The van der Waals surface area contributed by atoms with Gasteiger partial charge in [0.15, 0.2) is 6.20 Å². The second-order valence-corrected chi connectivity index (χ2v) is 8.01. The fourth-order valence-electron chi connectivity index (χ4n) is 2.84. The molecule has 0 radical (unpaired) electrons. The van der Waals surface area contributed by atoms with Crippen LogP contribution in [0.25, 0.3) is 11.1 Å². The fraction of sp³-hybridized carbons (Fsp3) is 0.158. The van der Waals surface area contributed by atoms with Gasteiger partial charge in [-0.3, -0.25) is 4.79 Å². The predicted octanol–water partition coefficient (Wildman–Crippen LogP) is -1.59. The van der Waals surface area contributed by atoms with E-state index >= 15 is 0 Å². The molecule has 0 spiro atoms. The lowest BCUT2D eigenvalue weighted by molar-refractivity contribution is -0.673. The quantitative estimate of drug-likeness (QED) is 0.421. The number of hydrogen-bond donors (Lipinski definition) is 0. The van der Waals surface area contributed by atoms with Crippen LogP contribution in [0.2, 0.25) is 0 Å². The molecule has 4 nitrogen and oxygen atoms in total. The number of thiazole rings is 1. The van der Waals surface area contributed by atoms with E-state index in [1.54, 1.807) is 27.7 Å². The molecule has 4 rings (SSSR count). The largest absolute Gasteiger partial charge is 1.00 e. The zero-order valence-corrected chi connectivity index (χ0v) is 17.9. The lowest BCUT2D eigenvalue weighted by Crippen LogP contribution is -3.00. The number of fused-ring (bicyclic) bond motifs is 1. The Balaban J connectivity index is 0.00000196. The van der Waals surface area contributed by atoms with E-state index in [0.29, 0.717) is 0 Å². The van der Waals surface area contributed by atoms with Crippen LogP contribution in [0.3, 0.4) is 0 Å². The average Bonchev–Trinajstić information content (AvgIpc) is 3.09. The van der Waals surface area contributed by atoms with Crippen molar-refractivity contribution >= 4 is 39.9 Å². The fourth-order valence-corrected chi connectivity index (χ4v) is 5.23. The minimum absolute atomic E-state index is 0. The number of thioether (sulfide) groups is 1. The Bertz CT molecular complexity index is 1150. The van der Waals surface area contributed by atoms with Crippen molar-refractivity contribution in [3.05, 3.63) is 73.9 Å². The third kappa shape index (κ3) is 3.15. The van der Waals surface area contributed by atoms with Crippen LogP contribution in [-0.4, -0.2) is 11.6 Å². The van der Waals surface area contributed by atoms with E-state index in [-0.39, 0.29) is 22.5 Å². The number of anilines is 1. The Kier molecular flexibility index (Phi) is 5.41. The van der Waals surface area contributed by atoms with E-state index in [1.807, 2.05) is 62.2 Å². The van der Waals surface area contributed by atoms with Gasteiger partial charge in [0.2, 0.25) is 5.69 Å². The molecule has 134 valence electrons. The molecule has 7 heteroatoms. The van der Waals surface area contributed by atoms with Crippen molar-refractivity contribution in [1.82, 2.24) is 4.57 Å². The number of aryl methyl sites for hydroxylation is 1. The number of para-hydroxylation sites is 1. The lowest BCUT2D eigenvalue weighted by Gasteiger charge is -2.11. The van der Waals surface area contributed by atoms with Gasteiger partial charge in [-0.2, -0.15) is 0 Å². The van der Waals surface area contributed by atoms with Crippen LogP contribution < -0.4 is 41.2 Å². The summed E-state index contributed by atoms with van der Waals surface area (Å²) in [6.45, 7) is 0. The molecule has 0 saturated carbocycles. The maximum Gasteiger partial charge on any atom is 0.271 e. The van der Waals surface area contributed by atoms with Crippen molar-refractivity contribution in [3.8, 4) is 0 Å². The summed E-state index contributed by atoms with van der Waals surface area (Å²) in [5.74, 6) is 0. The summed E-state index contributed by atoms with van der Waals surface area (Å²) in [6, 6.07) is 14.3. The Morgan fingerprint density at radius 3 is 2.54 bits per heavy atom. The zero-order valence-electron chi connectivity index (χ0n) is 14.6. The SMILES string of the molecule is CN1/C(=c2/s/c(=C\c3cccc[n+]3C)n(C)c2=O)Sc2ccccc21.[Br-]. The van der Waals surface area contributed by atoms with Crippen LogP contribution in [-0.2, 0) is 14.1 Å². The van der Waals surface area contributed by atoms with Crippen molar-refractivity contribution in [3.63, 3.8) is 0 Å². The number of pyridine rings is 1. The summed E-state index contributed by atoms with van der Waals surface area (Å²) in [5, 5.41) is 1.00. The minimum atomic E-state index is 0. The number of halogens is 1. The van der Waals surface area contributed by atoms with Crippen LogP contribution in [0.4, 0.5) is 5.69 Å². The van der Waals surface area contributed by atoms with Gasteiger partial charge in [0.05, 0.1) is 5.69 Å². The van der Waals surface area contributed by atoms with Crippen molar-refractivity contribution < 1.29 is 21.5 Å². The molecular formula is C19H18BrN3OS2. The first-order valence-electron chi connectivity index (χ1n) is 7.93. The first-order valence-corrected chi connectivity index (χ1v) is 9.56. The molecule has 3 heterocycles. The third-order valence-electron chi connectivity index (χ3n) is 4.33. The smallest absolute Gasteiger partial charge is 0.271 e. The van der Waals surface area contributed by atoms with Gasteiger partial charge >= 0.3 is 0 Å². The topological polar surface area (TPSA) is 29.1 Å². The molecule has 0 atom stereocenters. The summed E-state index contributed by atoms with van der Waals surface area (Å²) >= 11 is 3.21. The van der Waals surface area contributed by atoms with Crippen molar-refractivity contribution in [2.24, 2.45) is 14.1 Å². The standard InChI is InChI=1S/C19H18N3OS2.BrH/c1-20-11-7-6-8-13(20)12-16-22(3)18(23)17(25-16)19-21(2)14-9-4-5-10-15(14)24-19;/h4-12H,1-3H3;1H/q+1;/p-1/b19-17-;. The number of aromatic nitrogens is 2. The Hall–Kier alpha value is -1.83. The summed E-state index contributed by atoms with van der Waals surface area (Å²) in [4.78, 5) is 16.1. The maximum absolute atomic E-state index is 12.8. The lowest BCUT2D eigenvalue weighted by atomic mass is 10.3. The van der Waals surface area contributed by atoms with Crippen LogP contribution in [0.5, 0.6) is 0 Å². The van der Waals surface area contributed by atoms with E-state index < -0.39 is 0 Å². The molecule has 0 amide bonds. The average molecular weight is 448 g/mol. The van der Waals surface area contributed by atoms with Gasteiger partial charge in [-0.05, 0) is 18.2 Å². The van der Waals surface area contributed by atoms with E-state index in [9.17, 15) is 4.79 Å². The maximum atomic E-state index is 12.8. The molecule has 1 aromatic carbocycles. The molecule has 2 aromatic heterocycles. The molecule has 0 N–H and O–H groups in total. The Morgan fingerprint density at radius 2 is 1.81 bits per heavy atom. The van der Waals surface area contributed by atoms with Crippen molar-refractivity contribution in [1.29, 1.82) is 0 Å². The van der Waals surface area contributed by atoms with Gasteiger partial charge in [-0.15, -0.1) is 11.3 Å². The van der Waals surface area contributed by atoms with Crippen LogP contribution in [0, 0.1) is 0 Å². The first kappa shape index (κ1) is 18.9. The number of hydrogen-bond acceptors (Lipinski definition) is 4. The van der Waals surface area contributed by atoms with Gasteiger partial charge in [-0.1, -0.05) is 23.9 Å². The molecule has 3 aromatic rings. The highest BCUT2D eigenvalue weighted by molar-refractivity contribution is 8.08. The second-order valence-electron chi connectivity index (χ2n) is 5.95. The molecule has 1 aliphatic rings. The molecule has 0 fully saturated rings.